The van der Waals surface area contributed by atoms with Gasteiger partial charge in [0, 0.05) is 11.1 Å². The summed E-state index contributed by atoms with van der Waals surface area (Å²) in [5.74, 6) is 1.20. The van der Waals surface area contributed by atoms with E-state index < -0.39 is 11.2 Å². The van der Waals surface area contributed by atoms with Crippen molar-refractivity contribution in [2.45, 2.75) is 0 Å². The highest BCUT2D eigenvalue weighted by Crippen LogP contribution is 2.38. The molecule has 9 nitrogen and oxygen atoms in total. The number of nitrogens with one attached hydrogen (secondary N) is 1. The Morgan fingerprint density at radius 3 is 2.32 bits per heavy atom. The maximum absolute atomic E-state index is 12.7. The normalized spacial score (nSPS) is 10.8. The Morgan fingerprint density at radius 1 is 0.964 bits per heavy atom. The summed E-state index contributed by atoms with van der Waals surface area (Å²) in [6.45, 7) is 0. The molecular formula is C19H18N4O5. The fourth-order valence-corrected chi connectivity index (χ4v) is 2.63. The number of benzene rings is 2. The summed E-state index contributed by atoms with van der Waals surface area (Å²) in [6.07, 6.45) is 1.33. The number of methoxy groups -OCH3 is 3. The molecule has 28 heavy (non-hydrogen) atoms. The molecule has 0 radical (unpaired) electrons. The highest BCUT2D eigenvalue weighted by Gasteiger charge is 2.15. The predicted molar refractivity (Wildman–Crippen MR) is 104 cm³/mol. The summed E-state index contributed by atoms with van der Waals surface area (Å²) in [7, 11) is 4.45. The van der Waals surface area contributed by atoms with Gasteiger partial charge in [-0.2, -0.15) is 10.2 Å². The molecule has 0 aliphatic carbocycles. The van der Waals surface area contributed by atoms with E-state index in [2.05, 4.69) is 15.3 Å². The van der Waals surface area contributed by atoms with E-state index in [1.165, 1.54) is 27.5 Å². The second-order valence-electron chi connectivity index (χ2n) is 5.53. The van der Waals surface area contributed by atoms with Crippen LogP contribution in [0.25, 0.3) is 11.3 Å². The van der Waals surface area contributed by atoms with Crippen molar-refractivity contribution in [3.05, 3.63) is 68.9 Å². The lowest BCUT2D eigenvalue weighted by Gasteiger charge is -2.13. The third-order valence-electron chi connectivity index (χ3n) is 3.94. The zero-order chi connectivity index (χ0) is 20.1. The SMILES string of the molecule is COc1ccc(/C=N\n2c(=O)[nH]nc(-c3ccccc3)c2=O)c(OC)c1OC. The van der Waals surface area contributed by atoms with E-state index in [4.69, 9.17) is 14.2 Å². The van der Waals surface area contributed by atoms with E-state index in [-0.39, 0.29) is 5.69 Å². The number of aromatic amines is 1. The van der Waals surface area contributed by atoms with Crippen LogP contribution in [0.3, 0.4) is 0 Å². The molecule has 0 saturated heterocycles. The number of nitrogens with zero attached hydrogens (tertiary/aromatic N) is 3. The number of ether oxygens (including phenoxy) is 3. The first-order valence-corrected chi connectivity index (χ1v) is 8.21. The van der Waals surface area contributed by atoms with Crippen LogP contribution in [0.4, 0.5) is 0 Å². The zero-order valence-corrected chi connectivity index (χ0v) is 15.5. The molecule has 0 atom stereocenters. The van der Waals surface area contributed by atoms with Crippen LogP contribution < -0.4 is 25.5 Å². The molecule has 0 unspecified atom stereocenters. The van der Waals surface area contributed by atoms with Crippen molar-refractivity contribution in [2.24, 2.45) is 5.10 Å². The van der Waals surface area contributed by atoms with Gasteiger partial charge in [-0.05, 0) is 12.1 Å². The van der Waals surface area contributed by atoms with E-state index in [0.29, 0.717) is 33.1 Å². The Bertz CT molecular complexity index is 1120. The molecule has 1 heterocycles. The Balaban J connectivity index is 2.09. The molecule has 0 aliphatic rings. The van der Waals surface area contributed by atoms with Crippen molar-refractivity contribution in [2.75, 3.05) is 21.3 Å². The maximum atomic E-state index is 12.7. The molecule has 1 N–H and O–H groups in total. The Morgan fingerprint density at radius 2 is 1.68 bits per heavy atom. The quantitative estimate of drug-likeness (QED) is 0.648. The van der Waals surface area contributed by atoms with Gasteiger partial charge < -0.3 is 14.2 Å². The lowest BCUT2D eigenvalue weighted by atomic mass is 10.2. The minimum Gasteiger partial charge on any atom is -0.493 e. The highest BCUT2D eigenvalue weighted by molar-refractivity contribution is 5.86. The van der Waals surface area contributed by atoms with Crippen LogP contribution in [0.15, 0.2) is 57.2 Å². The van der Waals surface area contributed by atoms with Gasteiger partial charge in [0.15, 0.2) is 17.2 Å². The van der Waals surface area contributed by atoms with Gasteiger partial charge in [0.05, 0.1) is 27.5 Å². The summed E-state index contributed by atoms with van der Waals surface area (Å²) in [5.41, 5.74) is -0.274. The second kappa shape index (κ2) is 8.21. The number of aromatic nitrogens is 3. The van der Waals surface area contributed by atoms with Gasteiger partial charge >= 0.3 is 11.2 Å². The molecule has 2 aromatic carbocycles. The van der Waals surface area contributed by atoms with Crippen molar-refractivity contribution in [3.8, 4) is 28.5 Å². The predicted octanol–water partition coefficient (Wildman–Crippen LogP) is 1.51. The number of H-pyrrole nitrogens is 1. The van der Waals surface area contributed by atoms with Gasteiger partial charge in [-0.15, -0.1) is 4.68 Å². The molecule has 0 amide bonds. The van der Waals surface area contributed by atoms with Crippen LogP contribution in [0.5, 0.6) is 17.2 Å². The average Bonchev–Trinajstić information content (AvgIpc) is 2.73. The van der Waals surface area contributed by atoms with Crippen LogP contribution in [0, 0.1) is 0 Å². The van der Waals surface area contributed by atoms with Crippen molar-refractivity contribution >= 4 is 6.21 Å². The summed E-state index contributed by atoms with van der Waals surface area (Å²) < 4.78 is 16.6. The Kier molecular flexibility index (Phi) is 5.54. The summed E-state index contributed by atoms with van der Waals surface area (Å²) in [5, 5.41) is 10.1. The first-order valence-electron chi connectivity index (χ1n) is 8.21. The van der Waals surface area contributed by atoms with Gasteiger partial charge in [0.1, 0.15) is 0 Å². The van der Waals surface area contributed by atoms with Crippen LogP contribution in [-0.4, -0.2) is 42.4 Å². The zero-order valence-electron chi connectivity index (χ0n) is 15.5. The molecular weight excluding hydrogens is 364 g/mol. The van der Waals surface area contributed by atoms with E-state index in [1.807, 2.05) is 6.07 Å². The molecule has 0 fully saturated rings. The largest absolute Gasteiger partial charge is 0.493 e. The van der Waals surface area contributed by atoms with E-state index in [0.717, 1.165) is 0 Å². The van der Waals surface area contributed by atoms with Gasteiger partial charge in [-0.25, -0.2) is 9.89 Å². The average molecular weight is 382 g/mol. The maximum Gasteiger partial charge on any atom is 0.365 e. The number of rotatable bonds is 6. The van der Waals surface area contributed by atoms with Crippen molar-refractivity contribution in [3.63, 3.8) is 0 Å². The summed E-state index contributed by atoms with van der Waals surface area (Å²) in [6, 6.07) is 12.1. The van der Waals surface area contributed by atoms with Gasteiger partial charge in [0.25, 0.3) is 0 Å². The Hall–Kier alpha value is -3.88. The second-order valence-corrected chi connectivity index (χ2v) is 5.53. The summed E-state index contributed by atoms with van der Waals surface area (Å²) in [4.78, 5) is 24.8. The minimum atomic E-state index is -0.764. The third-order valence-corrected chi connectivity index (χ3v) is 3.94. The fourth-order valence-electron chi connectivity index (χ4n) is 2.63. The number of hydrogen-bond acceptors (Lipinski definition) is 7. The molecule has 0 saturated carbocycles. The third kappa shape index (κ3) is 3.50. The van der Waals surface area contributed by atoms with Crippen molar-refractivity contribution in [1.82, 2.24) is 14.9 Å². The lowest BCUT2D eigenvalue weighted by Crippen LogP contribution is -2.34. The lowest BCUT2D eigenvalue weighted by molar-refractivity contribution is 0.324. The molecule has 9 heteroatoms. The summed E-state index contributed by atoms with van der Waals surface area (Å²) >= 11 is 0. The van der Waals surface area contributed by atoms with E-state index in [1.54, 1.807) is 36.4 Å². The first-order chi connectivity index (χ1) is 13.6. The molecule has 3 aromatic rings. The van der Waals surface area contributed by atoms with Crippen LogP contribution in [0.1, 0.15) is 5.56 Å². The molecule has 1 aromatic heterocycles. The monoisotopic (exact) mass is 382 g/mol. The first kappa shape index (κ1) is 18.9. The number of hydrogen-bond donors (Lipinski definition) is 1. The molecule has 0 aliphatic heterocycles. The smallest absolute Gasteiger partial charge is 0.365 e. The fraction of sp³-hybridized carbons (Fsp3) is 0.158. The molecule has 0 spiro atoms. The molecule has 144 valence electrons. The van der Waals surface area contributed by atoms with Gasteiger partial charge in [-0.3, -0.25) is 4.79 Å². The van der Waals surface area contributed by atoms with Crippen molar-refractivity contribution < 1.29 is 14.2 Å². The van der Waals surface area contributed by atoms with Crippen LogP contribution in [0.2, 0.25) is 0 Å². The highest BCUT2D eigenvalue weighted by atomic mass is 16.5. The molecule has 3 rings (SSSR count). The minimum absolute atomic E-state index is 0.0802. The van der Waals surface area contributed by atoms with E-state index >= 15 is 0 Å². The van der Waals surface area contributed by atoms with Gasteiger partial charge in [0.2, 0.25) is 5.75 Å². The molecule has 0 bridgehead atoms. The van der Waals surface area contributed by atoms with Crippen LogP contribution in [-0.2, 0) is 0 Å². The Labute approximate surface area is 159 Å². The van der Waals surface area contributed by atoms with Crippen LogP contribution >= 0.6 is 0 Å². The van der Waals surface area contributed by atoms with Gasteiger partial charge in [-0.1, -0.05) is 30.3 Å². The van der Waals surface area contributed by atoms with E-state index in [9.17, 15) is 9.59 Å². The standard InChI is InChI=1S/C19H18N4O5/c1-26-14-10-9-13(16(27-2)17(14)28-3)11-20-23-18(24)15(21-22-19(23)25)12-7-5-4-6-8-12/h4-11H,1-3H3,(H,22,25)/b20-11-. The topological polar surface area (TPSA) is 108 Å². The van der Waals surface area contributed by atoms with Crippen molar-refractivity contribution in [1.29, 1.82) is 0 Å².